The Bertz CT molecular complexity index is 1090. The number of anilines is 1. The number of hydrogen-bond donors (Lipinski definition) is 1. The van der Waals surface area contributed by atoms with Crippen molar-refractivity contribution in [1.82, 2.24) is 4.90 Å². The summed E-state index contributed by atoms with van der Waals surface area (Å²) in [6.07, 6.45) is 0.568. The number of carbonyl (C=O) groups is 3. The van der Waals surface area contributed by atoms with Crippen LogP contribution in [0, 0.1) is 17.0 Å². The second-order valence-corrected chi connectivity index (χ2v) is 7.46. The van der Waals surface area contributed by atoms with E-state index >= 15 is 0 Å². The molecule has 2 aromatic rings. The largest absolute Gasteiger partial charge is 0.493 e. The fourth-order valence-corrected chi connectivity index (χ4v) is 3.23. The van der Waals surface area contributed by atoms with E-state index in [1.807, 2.05) is 26.0 Å². The van der Waals surface area contributed by atoms with Gasteiger partial charge >= 0.3 is 5.97 Å². The van der Waals surface area contributed by atoms with Crippen LogP contribution in [0.25, 0.3) is 0 Å². The number of aryl methyl sites for hydroxylation is 1. The SMILES string of the molecule is CCCN(CC(=O)Nc1ccccc1C)C(=O)COC(=O)c1cc(OCC)c(OC)cc1[N+](=O)[O-]. The summed E-state index contributed by atoms with van der Waals surface area (Å²) in [4.78, 5) is 49.8. The Kier molecular flexibility index (Phi) is 10.0. The number of esters is 1. The average Bonchev–Trinajstić information content (AvgIpc) is 2.83. The number of ether oxygens (including phenoxy) is 3. The Hall–Kier alpha value is -4.15. The molecule has 0 heterocycles. The lowest BCUT2D eigenvalue weighted by molar-refractivity contribution is -0.385. The highest BCUT2D eigenvalue weighted by Crippen LogP contribution is 2.35. The monoisotopic (exact) mass is 487 g/mol. The standard InChI is InChI=1S/C24H29N3O8/c1-5-11-26(14-22(28)25-18-10-8-7-9-16(18)3)23(29)15-35-24(30)17-12-21(34-6-2)20(33-4)13-19(17)27(31)32/h7-10,12-13H,5-6,11,14-15H2,1-4H3,(H,25,28). The highest BCUT2D eigenvalue weighted by Gasteiger charge is 2.27. The molecular formula is C24H29N3O8. The number of nitrogens with zero attached hydrogens (tertiary/aromatic N) is 2. The van der Waals surface area contributed by atoms with E-state index in [9.17, 15) is 24.5 Å². The Morgan fingerprint density at radius 2 is 1.83 bits per heavy atom. The van der Waals surface area contributed by atoms with E-state index in [0.717, 1.165) is 17.7 Å². The smallest absolute Gasteiger partial charge is 0.345 e. The van der Waals surface area contributed by atoms with E-state index in [4.69, 9.17) is 14.2 Å². The summed E-state index contributed by atoms with van der Waals surface area (Å²) in [6, 6.07) is 9.43. The van der Waals surface area contributed by atoms with Crippen LogP contribution < -0.4 is 14.8 Å². The molecule has 0 saturated heterocycles. The topological polar surface area (TPSA) is 137 Å². The Morgan fingerprint density at radius 1 is 1.11 bits per heavy atom. The number of carbonyl (C=O) groups excluding carboxylic acids is 3. The lowest BCUT2D eigenvalue weighted by Crippen LogP contribution is -2.40. The van der Waals surface area contributed by atoms with E-state index in [0.29, 0.717) is 12.1 Å². The molecule has 11 heteroatoms. The van der Waals surface area contributed by atoms with Crippen LogP contribution in [0.3, 0.4) is 0 Å². The molecule has 0 unspecified atom stereocenters. The number of hydrogen-bond acceptors (Lipinski definition) is 8. The first kappa shape index (κ1) is 27.1. The maximum atomic E-state index is 12.7. The van der Waals surface area contributed by atoms with Gasteiger partial charge in [-0.05, 0) is 31.9 Å². The van der Waals surface area contributed by atoms with Crippen molar-refractivity contribution < 1.29 is 33.5 Å². The molecule has 1 N–H and O–H groups in total. The van der Waals surface area contributed by atoms with Crippen LogP contribution in [-0.2, 0) is 14.3 Å². The van der Waals surface area contributed by atoms with Gasteiger partial charge in [-0.15, -0.1) is 0 Å². The second-order valence-electron chi connectivity index (χ2n) is 7.46. The molecule has 0 bridgehead atoms. The minimum atomic E-state index is -1.07. The number of nitro benzene ring substituents is 1. The van der Waals surface area contributed by atoms with E-state index in [1.165, 1.54) is 12.0 Å². The molecule has 188 valence electrons. The summed E-state index contributed by atoms with van der Waals surface area (Å²) < 4.78 is 15.5. The van der Waals surface area contributed by atoms with Gasteiger partial charge in [0.25, 0.3) is 11.6 Å². The van der Waals surface area contributed by atoms with Gasteiger partial charge in [-0.2, -0.15) is 0 Å². The van der Waals surface area contributed by atoms with Gasteiger partial charge < -0.3 is 24.4 Å². The Morgan fingerprint density at radius 3 is 2.43 bits per heavy atom. The number of methoxy groups -OCH3 is 1. The van der Waals surface area contributed by atoms with Crippen molar-refractivity contribution in [2.45, 2.75) is 27.2 Å². The number of amides is 2. The van der Waals surface area contributed by atoms with Crippen LogP contribution in [0.4, 0.5) is 11.4 Å². The predicted molar refractivity (Wildman–Crippen MR) is 128 cm³/mol. The van der Waals surface area contributed by atoms with Gasteiger partial charge in [0.15, 0.2) is 18.1 Å². The molecule has 11 nitrogen and oxygen atoms in total. The summed E-state index contributed by atoms with van der Waals surface area (Å²) in [5, 5.41) is 14.2. The van der Waals surface area contributed by atoms with Crippen LogP contribution in [0.1, 0.15) is 36.2 Å². The average molecular weight is 488 g/mol. The zero-order chi connectivity index (χ0) is 26.0. The van der Waals surface area contributed by atoms with Crippen LogP contribution in [0.15, 0.2) is 36.4 Å². The molecule has 2 amide bonds. The predicted octanol–water partition coefficient (Wildman–Crippen LogP) is 3.34. The highest BCUT2D eigenvalue weighted by molar-refractivity contribution is 5.97. The number of para-hydroxylation sites is 1. The van der Waals surface area contributed by atoms with Gasteiger partial charge in [0.1, 0.15) is 5.56 Å². The third-order valence-electron chi connectivity index (χ3n) is 4.93. The summed E-state index contributed by atoms with van der Waals surface area (Å²) in [5.41, 5.74) is 0.567. The molecule has 0 aliphatic heterocycles. The Labute approximate surface area is 203 Å². The van der Waals surface area contributed by atoms with Crippen LogP contribution >= 0.6 is 0 Å². The van der Waals surface area contributed by atoms with Crippen molar-refractivity contribution in [3.05, 3.63) is 57.6 Å². The molecule has 35 heavy (non-hydrogen) atoms. The van der Waals surface area contributed by atoms with Crippen LogP contribution in [-0.4, -0.2) is 61.0 Å². The van der Waals surface area contributed by atoms with Crippen molar-refractivity contribution in [1.29, 1.82) is 0 Å². The highest BCUT2D eigenvalue weighted by atomic mass is 16.6. The third-order valence-corrected chi connectivity index (χ3v) is 4.93. The van der Waals surface area contributed by atoms with Gasteiger partial charge in [0.2, 0.25) is 5.91 Å². The number of benzene rings is 2. The summed E-state index contributed by atoms with van der Waals surface area (Å²) in [7, 11) is 1.32. The number of nitrogens with one attached hydrogen (secondary N) is 1. The molecule has 0 atom stereocenters. The number of rotatable bonds is 12. The molecule has 0 saturated carbocycles. The second kappa shape index (κ2) is 12.9. The maximum Gasteiger partial charge on any atom is 0.345 e. The summed E-state index contributed by atoms with van der Waals surface area (Å²) >= 11 is 0. The van der Waals surface area contributed by atoms with Crippen molar-refractivity contribution in [2.75, 3.05) is 38.7 Å². The zero-order valence-electron chi connectivity index (χ0n) is 20.2. The van der Waals surface area contributed by atoms with Gasteiger partial charge in [0, 0.05) is 18.3 Å². The van der Waals surface area contributed by atoms with Crippen LogP contribution in [0.2, 0.25) is 0 Å². The van der Waals surface area contributed by atoms with Crippen LogP contribution in [0.5, 0.6) is 11.5 Å². The summed E-state index contributed by atoms with van der Waals surface area (Å²) in [6.45, 7) is 4.95. The fourth-order valence-electron chi connectivity index (χ4n) is 3.23. The molecule has 2 aromatic carbocycles. The Balaban J connectivity index is 2.11. The molecule has 0 spiro atoms. The molecule has 0 fully saturated rings. The molecule has 2 rings (SSSR count). The van der Waals surface area contributed by atoms with E-state index in [-0.39, 0.29) is 36.8 Å². The molecule has 0 radical (unpaired) electrons. The quantitative estimate of drug-likeness (QED) is 0.273. The van der Waals surface area contributed by atoms with Gasteiger partial charge in [0.05, 0.1) is 31.3 Å². The van der Waals surface area contributed by atoms with E-state index in [2.05, 4.69) is 5.32 Å². The van der Waals surface area contributed by atoms with Crippen molar-refractivity contribution in [2.24, 2.45) is 0 Å². The molecule has 0 aliphatic carbocycles. The minimum Gasteiger partial charge on any atom is -0.493 e. The summed E-state index contributed by atoms with van der Waals surface area (Å²) in [5.74, 6) is -1.88. The van der Waals surface area contributed by atoms with Gasteiger partial charge in [-0.1, -0.05) is 25.1 Å². The minimum absolute atomic E-state index is 0.0833. The normalized spacial score (nSPS) is 10.3. The molecular weight excluding hydrogens is 458 g/mol. The molecule has 0 aliphatic rings. The van der Waals surface area contributed by atoms with Crippen molar-refractivity contribution in [3.63, 3.8) is 0 Å². The van der Waals surface area contributed by atoms with Gasteiger partial charge in [-0.3, -0.25) is 19.7 Å². The maximum absolute atomic E-state index is 12.7. The zero-order valence-corrected chi connectivity index (χ0v) is 20.2. The third kappa shape index (κ3) is 7.42. The lowest BCUT2D eigenvalue weighted by atomic mass is 10.1. The number of nitro groups is 1. The fraction of sp³-hybridized carbons (Fsp3) is 0.375. The van der Waals surface area contributed by atoms with E-state index < -0.39 is 35.0 Å². The first-order valence-electron chi connectivity index (χ1n) is 11.0. The lowest BCUT2D eigenvalue weighted by Gasteiger charge is -2.21. The van der Waals surface area contributed by atoms with Gasteiger partial charge in [-0.25, -0.2) is 4.79 Å². The first-order valence-corrected chi connectivity index (χ1v) is 11.0. The van der Waals surface area contributed by atoms with E-state index in [1.54, 1.807) is 19.1 Å². The molecule has 0 aromatic heterocycles. The van der Waals surface area contributed by atoms with Crippen molar-refractivity contribution >= 4 is 29.2 Å². The first-order chi connectivity index (χ1) is 16.7. The van der Waals surface area contributed by atoms with Crippen molar-refractivity contribution in [3.8, 4) is 11.5 Å².